The molecule has 0 aromatic carbocycles. The molecule has 1 aromatic heterocycles. The summed E-state index contributed by atoms with van der Waals surface area (Å²) < 4.78 is 0. The molecular formula is C14H25N3S. The van der Waals surface area contributed by atoms with Crippen molar-refractivity contribution in [1.29, 1.82) is 0 Å². The van der Waals surface area contributed by atoms with Crippen molar-refractivity contribution in [2.45, 2.75) is 46.6 Å². The summed E-state index contributed by atoms with van der Waals surface area (Å²) >= 11 is 1.87. The van der Waals surface area contributed by atoms with Crippen molar-refractivity contribution in [3.63, 3.8) is 0 Å². The van der Waals surface area contributed by atoms with Gasteiger partial charge in [0.05, 0.1) is 5.69 Å². The summed E-state index contributed by atoms with van der Waals surface area (Å²) in [6.45, 7) is 10.2. The van der Waals surface area contributed by atoms with E-state index < -0.39 is 0 Å². The van der Waals surface area contributed by atoms with Gasteiger partial charge < -0.3 is 10.2 Å². The zero-order chi connectivity index (χ0) is 13.2. The molecule has 0 radical (unpaired) electrons. The van der Waals surface area contributed by atoms with E-state index in [1.165, 1.54) is 28.5 Å². The first-order chi connectivity index (χ1) is 8.55. The van der Waals surface area contributed by atoms with Gasteiger partial charge in [0.15, 0.2) is 5.13 Å². The maximum absolute atomic E-state index is 4.82. The molecule has 0 amide bonds. The molecule has 18 heavy (non-hydrogen) atoms. The normalized spacial score (nSPS) is 19.2. The van der Waals surface area contributed by atoms with Crippen LogP contribution in [0.25, 0.3) is 0 Å². The quantitative estimate of drug-likeness (QED) is 0.909. The third kappa shape index (κ3) is 3.04. The maximum Gasteiger partial charge on any atom is 0.185 e. The second-order valence-electron chi connectivity index (χ2n) is 5.90. The van der Waals surface area contributed by atoms with Gasteiger partial charge in [-0.1, -0.05) is 20.8 Å². The van der Waals surface area contributed by atoms with E-state index in [1.54, 1.807) is 0 Å². The number of aromatic nitrogens is 1. The van der Waals surface area contributed by atoms with Crippen LogP contribution in [0.1, 0.15) is 44.2 Å². The summed E-state index contributed by atoms with van der Waals surface area (Å²) in [5.41, 5.74) is 1.78. The van der Waals surface area contributed by atoms with Crippen LogP contribution < -0.4 is 10.2 Å². The molecule has 0 unspecified atom stereocenters. The lowest BCUT2D eigenvalue weighted by atomic mass is 9.83. The molecule has 2 rings (SSSR count). The van der Waals surface area contributed by atoms with Crippen LogP contribution in [0.15, 0.2) is 0 Å². The van der Waals surface area contributed by atoms with Crippen LogP contribution in [0.4, 0.5) is 5.13 Å². The van der Waals surface area contributed by atoms with Gasteiger partial charge in [-0.3, -0.25) is 0 Å². The molecule has 1 N–H and O–H groups in total. The molecule has 4 heteroatoms. The van der Waals surface area contributed by atoms with Crippen LogP contribution in [-0.4, -0.2) is 25.1 Å². The van der Waals surface area contributed by atoms with E-state index in [9.17, 15) is 0 Å². The van der Waals surface area contributed by atoms with Crippen molar-refractivity contribution in [3.8, 4) is 0 Å². The van der Waals surface area contributed by atoms with Gasteiger partial charge in [-0.05, 0) is 31.7 Å². The number of rotatable bonds is 4. The van der Waals surface area contributed by atoms with E-state index in [4.69, 9.17) is 4.98 Å². The molecule has 2 heterocycles. The summed E-state index contributed by atoms with van der Waals surface area (Å²) in [5.74, 6) is 0. The van der Waals surface area contributed by atoms with Crippen molar-refractivity contribution in [3.05, 3.63) is 10.6 Å². The second kappa shape index (κ2) is 5.57. The van der Waals surface area contributed by atoms with Gasteiger partial charge in [0.2, 0.25) is 0 Å². The Morgan fingerprint density at radius 1 is 1.33 bits per heavy atom. The smallest absolute Gasteiger partial charge is 0.185 e. The first-order valence-corrected chi connectivity index (χ1v) is 7.75. The standard InChI is InChI=1S/C14H25N3S/c1-5-11-12(10-15-4)18-13(16-11)17-8-6-14(2,3)7-9-17/h15H,5-10H2,1-4H3. The lowest BCUT2D eigenvalue weighted by Gasteiger charge is -2.36. The zero-order valence-corrected chi connectivity index (χ0v) is 12.9. The summed E-state index contributed by atoms with van der Waals surface area (Å²) in [6, 6.07) is 0. The Kier molecular flexibility index (Phi) is 4.28. The molecule has 0 bridgehead atoms. The molecular weight excluding hydrogens is 242 g/mol. The third-order valence-corrected chi connectivity index (χ3v) is 4.99. The van der Waals surface area contributed by atoms with Crippen molar-refractivity contribution in [2.75, 3.05) is 25.0 Å². The highest BCUT2D eigenvalue weighted by atomic mass is 32.1. The second-order valence-corrected chi connectivity index (χ2v) is 6.96. The molecule has 0 spiro atoms. The van der Waals surface area contributed by atoms with Gasteiger partial charge in [-0.15, -0.1) is 11.3 Å². The third-order valence-electron chi connectivity index (χ3n) is 3.83. The molecule has 0 aliphatic carbocycles. The summed E-state index contributed by atoms with van der Waals surface area (Å²) in [5, 5.41) is 4.47. The predicted molar refractivity (Wildman–Crippen MR) is 79.5 cm³/mol. The minimum atomic E-state index is 0.509. The molecule has 0 atom stereocenters. The molecule has 1 aliphatic rings. The summed E-state index contributed by atoms with van der Waals surface area (Å²) in [7, 11) is 2.00. The fraction of sp³-hybridized carbons (Fsp3) is 0.786. The number of hydrogen-bond donors (Lipinski definition) is 1. The Morgan fingerprint density at radius 3 is 2.56 bits per heavy atom. The van der Waals surface area contributed by atoms with Crippen molar-refractivity contribution in [2.24, 2.45) is 5.41 Å². The highest BCUT2D eigenvalue weighted by Gasteiger charge is 2.27. The molecule has 0 saturated carbocycles. The Bertz CT molecular complexity index is 388. The predicted octanol–water partition coefficient (Wildman–Crippen LogP) is 3.05. The summed E-state index contributed by atoms with van der Waals surface area (Å²) in [4.78, 5) is 8.69. The molecule has 1 aromatic rings. The van der Waals surface area contributed by atoms with Gasteiger partial charge in [-0.2, -0.15) is 0 Å². The van der Waals surface area contributed by atoms with Crippen molar-refractivity contribution < 1.29 is 0 Å². The molecule has 1 fully saturated rings. The van der Waals surface area contributed by atoms with Crippen LogP contribution in [0.5, 0.6) is 0 Å². The van der Waals surface area contributed by atoms with Gasteiger partial charge in [0, 0.05) is 24.5 Å². The van der Waals surface area contributed by atoms with Crippen molar-refractivity contribution in [1.82, 2.24) is 10.3 Å². The van der Waals surface area contributed by atoms with Crippen LogP contribution in [-0.2, 0) is 13.0 Å². The Morgan fingerprint density at radius 2 is 2.00 bits per heavy atom. The van der Waals surface area contributed by atoms with Gasteiger partial charge in [-0.25, -0.2) is 4.98 Å². The Labute approximate surface area is 115 Å². The number of thiazole rings is 1. The first-order valence-electron chi connectivity index (χ1n) is 6.94. The summed E-state index contributed by atoms with van der Waals surface area (Å²) in [6.07, 6.45) is 3.58. The molecule has 3 nitrogen and oxygen atoms in total. The van der Waals surface area contributed by atoms with E-state index in [1.807, 2.05) is 18.4 Å². The van der Waals surface area contributed by atoms with Crippen LogP contribution in [0.2, 0.25) is 0 Å². The van der Waals surface area contributed by atoms with Gasteiger partial charge in [0.25, 0.3) is 0 Å². The average molecular weight is 267 g/mol. The van der Waals surface area contributed by atoms with Crippen LogP contribution in [0.3, 0.4) is 0 Å². The number of anilines is 1. The lowest BCUT2D eigenvalue weighted by Crippen LogP contribution is -2.37. The number of nitrogens with one attached hydrogen (secondary N) is 1. The maximum atomic E-state index is 4.82. The highest BCUT2D eigenvalue weighted by Crippen LogP contribution is 2.34. The van der Waals surface area contributed by atoms with Crippen LogP contribution >= 0.6 is 11.3 Å². The Hall–Kier alpha value is -0.610. The van der Waals surface area contributed by atoms with E-state index in [0.717, 1.165) is 26.1 Å². The minimum Gasteiger partial charge on any atom is -0.348 e. The molecule has 1 saturated heterocycles. The SMILES string of the molecule is CCc1nc(N2CCC(C)(C)CC2)sc1CNC. The zero-order valence-electron chi connectivity index (χ0n) is 12.0. The fourth-order valence-corrected chi connectivity index (χ4v) is 3.60. The highest BCUT2D eigenvalue weighted by molar-refractivity contribution is 7.15. The van der Waals surface area contributed by atoms with E-state index in [-0.39, 0.29) is 0 Å². The lowest BCUT2D eigenvalue weighted by molar-refractivity contribution is 0.279. The molecule has 1 aliphatic heterocycles. The minimum absolute atomic E-state index is 0.509. The Balaban J connectivity index is 2.09. The number of piperidine rings is 1. The molecule has 102 valence electrons. The van der Waals surface area contributed by atoms with Crippen molar-refractivity contribution >= 4 is 16.5 Å². The van der Waals surface area contributed by atoms with Gasteiger partial charge >= 0.3 is 0 Å². The monoisotopic (exact) mass is 267 g/mol. The number of hydrogen-bond acceptors (Lipinski definition) is 4. The fourth-order valence-electron chi connectivity index (χ4n) is 2.38. The average Bonchev–Trinajstić information content (AvgIpc) is 2.73. The van der Waals surface area contributed by atoms with E-state index in [0.29, 0.717) is 5.41 Å². The van der Waals surface area contributed by atoms with E-state index in [2.05, 4.69) is 31.0 Å². The van der Waals surface area contributed by atoms with Gasteiger partial charge in [0.1, 0.15) is 0 Å². The number of aryl methyl sites for hydroxylation is 1. The van der Waals surface area contributed by atoms with E-state index >= 15 is 0 Å². The number of nitrogens with zero attached hydrogens (tertiary/aromatic N) is 2. The topological polar surface area (TPSA) is 28.2 Å². The van der Waals surface area contributed by atoms with Crippen LogP contribution in [0, 0.1) is 5.41 Å². The largest absolute Gasteiger partial charge is 0.348 e. The first kappa shape index (κ1) is 13.8.